The predicted molar refractivity (Wildman–Crippen MR) is 96.7 cm³/mol. The molecule has 0 aliphatic rings. The lowest BCUT2D eigenvalue weighted by Crippen LogP contribution is -2.31. The molecule has 0 saturated carbocycles. The number of thiophene rings is 1. The summed E-state index contributed by atoms with van der Waals surface area (Å²) in [7, 11) is 0. The molecule has 6 nitrogen and oxygen atoms in total. The number of carbonyl (C=O) groups is 2. The van der Waals surface area contributed by atoms with E-state index < -0.39 is 11.8 Å². The third-order valence-electron chi connectivity index (χ3n) is 3.20. The Bertz CT molecular complexity index is 884. The van der Waals surface area contributed by atoms with Gasteiger partial charge in [0, 0.05) is 5.56 Å². The zero-order chi connectivity index (χ0) is 17.8. The van der Waals surface area contributed by atoms with E-state index >= 15 is 0 Å². The summed E-state index contributed by atoms with van der Waals surface area (Å²) in [5.41, 5.74) is 3.05. The van der Waals surface area contributed by atoms with Crippen LogP contribution in [0.25, 0.3) is 11.5 Å². The van der Waals surface area contributed by atoms with Crippen LogP contribution in [0.1, 0.15) is 20.8 Å². The number of aryl methyl sites for hydroxylation is 2. The number of amides is 2. The Morgan fingerprint density at radius 3 is 2.64 bits per heavy atom. The first-order valence-corrected chi connectivity index (χ1v) is 9.30. The number of aromatic nitrogens is 2. The Morgan fingerprint density at radius 1 is 1.20 bits per heavy atom. The van der Waals surface area contributed by atoms with Crippen LogP contribution in [0, 0.1) is 13.8 Å². The number of rotatable bonds is 5. The highest BCUT2D eigenvalue weighted by Gasteiger charge is 2.14. The first-order chi connectivity index (χ1) is 12.0. The Kier molecular flexibility index (Phi) is 5.30. The van der Waals surface area contributed by atoms with Crippen LogP contribution in [0.5, 0.6) is 0 Å². The molecule has 0 unspecified atom stereocenters. The molecule has 0 aliphatic heterocycles. The maximum Gasteiger partial charge on any atom is 0.277 e. The van der Waals surface area contributed by atoms with Gasteiger partial charge in [-0.25, -0.2) is 0 Å². The summed E-state index contributed by atoms with van der Waals surface area (Å²) in [4.78, 5) is 24.1. The Hall–Kier alpha value is -2.45. The van der Waals surface area contributed by atoms with Crippen LogP contribution in [0.3, 0.4) is 0 Å². The molecule has 2 amide bonds. The average molecular weight is 373 g/mol. The molecular formula is C17H15N3O3S2. The van der Waals surface area contributed by atoms with E-state index in [1.54, 1.807) is 17.5 Å². The number of nitrogens with one attached hydrogen (secondary N) is 1. The third kappa shape index (κ3) is 4.55. The normalized spacial score (nSPS) is 10.6. The van der Waals surface area contributed by atoms with E-state index in [1.807, 2.05) is 26.0 Å². The molecule has 128 valence electrons. The Balaban J connectivity index is 1.58. The zero-order valence-electron chi connectivity index (χ0n) is 13.6. The van der Waals surface area contributed by atoms with Gasteiger partial charge in [-0.05, 0) is 37.4 Å². The van der Waals surface area contributed by atoms with Gasteiger partial charge in [-0.15, -0.1) is 21.5 Å². The fourth-order valence-corrected chi connectivity index (χ4v) is 3.42. The van der Waals surface area contributed by atoms with E-state index in [1.165, 1.54) is 11.3 Å². The van der Waals surface area contributed by atoms with Crippen molar-refractivity contribution >= 4 is 34.9 Å². The van der Waals surface area contributed by atoms with Gasteiger partial charge in [-0.2, -0.15) is 0 Å². The molecule has 3 rings (SSSR count). The number of nitrogens with zero attached hydrogens (tertiary/aromatic N) is 2. The monoisotopic (exact) mass is 373 g/mol. The van der Waals surface area contributed by atoms with Crippen molar-refractivity contribution in [1.82, 2.24) is 15.5 Å². The molecule has 1 aromatic carbocycles. The molecule has 2 aromatic heterocycles. The zero-order valence-corrected chi connectivity index (χ0v) is 15.2. The summed E-state index contributed by atoms with van der Waals surface area (Å²) < 4.78 is 5.59. The molecule has 0 spiro atoms. The lowest BCUT2D eigenvalue weighted by Gasteiger charge is -2.01. The van der Waals surface area contributed by atoms with Gasteiger partial charge in [0.25, 0.3) is 11.1 Å². The fraction of sp³-hybridized carbons (Fsp3) is 0.176. The van der Waals surface area contributed by atoms with Crippen molar-refractivity contribution in [2.45, 2.75) is 19.1 Å². The number of hydrogen-bond acceptors (Lipinski definition) is 7. The van der Waals surface area contributed by atoms with Crippen LogP contribution in [0.2, 0.25) is 0 Å². The smallest absolute Gasteiger partial charge is 0.277 e. The van der Waals surface area contributed by atoms with Crippen molar-refractivity contribution in [3.8, 4) is 11.5 Å². The van der Waals surface area contributed by atoms with E-state index in [4.69, 9.17) is 4.42 Å². The first kappa shape index (κ1) is 17.4. The van der Waals surface area contributed by atoms with Gasteiger partial charge in [0.1, 0.15) is 0 Å². The number of hydrogen-bond donors (Lipinski definition) is 1. The summed E-state index contributed by atoms with van der Waals surface area (Å²) in [5, 5.41) is 12.3. The maximum atomic E-state index is 11.9. The second-order valence-electron chi connectivity index (χ2n) is 5.39. The summed E-state index contributed by atoms with van der Waals surface area (Å²) in [6.07, 6.45) is 0. The number of benzene rings is 1. The first-order valence-electron chi connectivity index (χ1n) is 7.44. The molecule has 0 atom stereocenters. The molecule has 0 saturated heterocycles. The largest absolute Gasteiger partial charge is 0.411 e. The number of imide groups is 1. The van der Waals surface area contributed by atoms with Gasteiger partial charge in [-0.3, -0.25) is 14.9 Å². The van der Waals surface area contributed by atoms with Crippen LogP contribution in [0.4, 0.5) is 0 Å². The molecule has 2 heterocycles. The highest BCUT2D eigenvalue weighted by Crippen LogP contribution is 2.24. The quantitative estimate of drug-likeness (QED) is 0.690. The number of carbonyl (C=O) groups excluding carboxylic acids is 2. The van der Waals surface area contributed by atoms with Crippen molar-refractivity contribution in [2.24, 2.45) is 0 Å². The van der Waals surface area contributed by atoms with E-state index in [2.05, 4.69) is 21.6 Å². The van der Waals surface area contributed by atoms with E-state index in [0.29, 0.717) is 10.8 Å². The van der Waals surface area contributed by atoms with E-state index in [9.17, 15) is 9.59 Å². The highest BCUT2D eigenvalue weighted by molar-refractivity contribution is 7.99. The molecule has 0 aliphatic carbocycles. The van der Waals surface area contributed by atoms with Gasteiger partial charge in [-0.1, -0.05) is 35.0 Å². The lowest BCUT2D eigenvalue weighted by atomic mass is 10.1. The predicted octanol–water partition coefficient (Wildman–Crippen LogP) is 3.46. The van der Waals surface area contributed by atoms with Crippen molar-refractivity contribution in [3.63, 3.8) is 0 Å². The minimum Gasteiger partial charge on any atom is -0.411 e. The molecule has 25 heavy (non-hydrogen) atoms. The fourth-order valence-electron chi connectivity index (χ4n) is 2.24. The van der Waals surface area contributed by atoms with E-state index in [-0.39, 0.29) is 11.0 Å². The molecular weight excluding hydrogens is 358 g/mol. The SMILES string of the molecule is Cc1cc(C)cc(-c2nnc(SCC(=O)NC(=O)c3cccs3)o2)c1. The van der Waals surface area contributed by atoms with Crippen molar-refractivity contribution in [1.29, 1.82) is 0 Å². The van der Waals surface area contributed by atoms with Crippen molar-refractivity contribution in [3.05, 3.63) is 51.7 Å². The second kappa shape index (κ2) is 7.62. The Labute approximate surface area is 152 Å². The summed E-state index contributed by atoms with van der Waals surface area (Å²) in [6, 6.07) is 9.40. The molecule has 0 fully saturated rings. The van der Waals surface area contributed by atoms with Crippen LogP contribution < -0.4 is 5.32 Å². The van der Waals surface area contributed by atoms with Crippen LogP contribution in [-0.2, 0) is 4.79 Å². The molecule has 1 N–H and O–H groups in total. The molecule has 3 aromatic rings. The van der Waals surface area contributed by atoms with Crippen LogP contribution in [0.15, 0.2) is 45.4 Å². The van der Waals surface area contributed by atoms with Gasteiger partial charge < -0.3 is 4.42 Å². The third-order valence-corrected chi connectivity index (χ3v) is 4.89. The summed E-state index contributed by atoms with van der Waals surface area (Å²) in [5.74, 6) is -0.382. The lowest BCUT2D eigenvalue weighted by molar-refractivity contribution is -0.117. The minimum atomic E-state index is -0.408. The van der Waals surface area contributed by atoms with Gasteiger partial charge in [0.15, 0.2) is 0 Å². The second-order valence-corrected chi connectivity index (χ2v) is 7.27. The highest BCUT2D eigenvalue weighted by atomic mass is 32.2. The summed E-state index contributed by atoms with van der Waals surface area (Å²) >= 11 is 2.37. The molecule has 0 radical (unpaired) electrons. The topological polar surface area (TPSA) is 85.1 Å². The summed E-state index contributed by atoms with van der Waals surface area (Å²) in [6.45, 7) is 3.99. The average Bonchev–Trinajstić information content (AvgIpc) is 3.24. The van der Waals surface area contributed by atoms with Gasteiger partial charge in [0.05, 0.1) is 10.6 Å². The van der Waals surface area contributed by atoms with Gasteiger partial charge >= 0.3 is 0 Å². The standard InChI is InChI=1S/C17H15N3O3S2/c1-10-6-11(2)8-12(7-10)16-19-20-17(23-16)25-9-14(21)18-15(22)13-4-3-5-24-13/h3-8H,9H2,1-2H3,(H,18,21,22). The number of thioether (sulfide) groups is 1. The van der Waals surface area contributed by atoms with Crippen molar-refractivity contribution in [2.75, 3.05) is 5.75 Å². The maximum absolute atomic E-state index is 11.9. The van der Waals surface area contributed by atoms with Gasteiger partial charge in [0.2, 0.25) is 11.8 Å². The van der Waals surface area contributed by atoms with Crippen LogP contribution in [-0.4, -0.2) is 27.8 Å². The minimum absolute atomic E-state index is 0.0194. The van der Waals surface area contributed by atoms with Crippen molar-refractivity contribution < 1.29 is 14.0 Å². The molecule has 8 heteroatoms. The van der Waals surface area contributed by atoms with E-state index in [0.717, 1.165) is 28.5 Å². The van der Waals surface area contributed by atoms with Crippen LogP contribution >= 0.6 is 23.1 Å². The Morgan fingerprint density at radius 2 is 1.96 bits per heavy atom. The molecule has 0 bridgehead atoms.